The van der Waals surface area contributed by atoms with Crippen molar-refractivity contribution in [3.63, 3.8) is 0 Å². The fourth-order valence-corrected chi connectivity index (χ4v) is 3.17. The molecule has 0 N–H and O–H groups in total. The third-order valence-electron chi connectivity index (χ3n) is 4.87. The molecule has 1 nitrogen and oxygen atoms in total. The van der Waals surface area contributed by atoms with Crippen molar-refractivity contribution >= 4 is 0 Å². The second-order valence-corrected chi connectivity index (χ2v) is 7.00. The number of pyridine rings is 1. The summed E-state index contributed by atoms with van der Waals surface area (Å²) in [6, 6.07) is 20.5. The maximum atomic E-state index is 8.40. The highest BCUT2D eigenvalue weighted by Gasteiger charge is 2.23. The van der Waals surface area contributed by atoms with E-state index in [4.69, 9.17) is 6.85 Å². The minimum absolute atomic E-state index is 0.171. The van der Waals surface area contributed by atoms with Crippen molar-refractivity contribution in [3.8, 4) is 22.4 Å². The number of hydrogen-bond donors (Lipinski definition) is 0. The molecule has 0 aliphatic heterocycles. The Labute approximate surface area is 168 Å². The predicted molar refractivity (Wildman–Crippen MR) is 114 cm³/mol. The molecule has 4 aromatic rings. The molecule has 0 atom stereocenters. The Bertz CT molecular complexity index is 1270. The molecule has 0 aliphatic rings. The van der Waals surface area contributed by atoms with Crippen LogP contribution in [0.25, 0.3) is 22.4 Å². The lowest BCUT2D eigenvalue weighted by Gasteiger charge is -2.26. The molecule has 0 saturated carbocycles. The summed E-state index contributed by atoms with van der Waals surface area (Å²) in [6.45, 7) is 3.77. The molecular weight excluding hydrogens is 326 g/mol. The zero-order valence-electron chi connectivity index (χ0n) is 20.4. The van der Waals surface area contributed by atoms with E-state index in [1.807, 2.05) is 68.4 Å². The first-order valence-corrected chi connectivity index (χ1v) is 8.91. The molecule has 0 spiro atoms. The van der Waals surface area contributed by atoms with Crippen LogP contribution in [0.4, 0.5) is 0 Å². The Balaban J connectivity index is 1.81. The van der Waals surface area contributed by atoms with E-state index in [9.17, 15) is 0 Å². The van der Waals surface area contributed by atoms with Gasteiger partial charge in [-0.2, -0.15) is 0 Å². The Morgan fingerprint density at radius 1 is 0.704 bits per heavy atom. The molecule has 4 rings (SSSR count). The summed E-state index contributed by atoms with van der Waals surface area (Å²) in [7, 11) is 0. The molecule has 27 heavy (non-hydrogen) atoms. The van der Waals surface area contributed by atoms with E-state index in [1.165, 1.54) is 0 Å². The van der Waals surface area contributed by atoms with Crippen LogP contribution in [0.15, 0.2) is 103 Å². The second-order valence-electron chi connectivity index (χ2n) is 7.00. The van der Waals surface area contributed by atoms with Gasteiger partial charge in [-0.25, -0.2) is 0 Å². The minimum atomic E-state index is -0.805. The molecule has 1 heteroatoms. The van der Waals surface area contributed by atoms with Crippen molar-refractivity contribution in [2.24, 2.45) is 0 Å². The highest BCUT2D eigenvalue weighted by molar-refractivity contribution is 5.70. The maximum absolute atomic E-state index is 8.40. The van der Waals surface area contributed by atoms with E-state index in [2.05, 4.69) is 17.1 Å². The molecule has 0 saturated heterocycles. The topological polar surface area (TPSA) is 12.9 Å². The normalized spacial score (nSPS) is 13.9. The molecule has 0 unspecified atom stereocenters. The van der Waals surface area contributed by atoms with Crippen LogP contribution in [0.2, 0.25) is 0 Å². The lowest BCUT2D eigenvalue weighted by Crippen LogP contribution is -2.18. The Morgan fingerprint density at radius 3 is 2.22 bits per heavy atom. The fraction of sp³-hybridized carbons (Fsp3) is 0.115. The highest BCUT2D eigenvalue weighted by Crippen LogP contribution is 2.34. The summed E-state index contributed by atoms with van der Waals surface area (Å²) in [6.07, 6.45) is 1.78. The highest BCUT2D eigenvalue weighted by atomic mass is 14.7. The quantitative estimate of drug-likeness (QED) is 0.395. The summed E-state index contributed by atoms with van der Waals surface area (Å²) in [5, 5.41) is 0. The molecule has 3 aromatic carbocycles. The SMILES string of the molecule is [2H]c1c([2H])c([2H])c(C(C)(C)c2cccc(-c3cc(-c4ccccc4)ccn3)c2)c([2H])c1[2H]. The summed E-state index contributed by atoms with van der Waals surface area (Å²) < 4.78 is 40.8. The van der Waals surface area contributed by atoms with Gasteiger partial charge in [0.25, 0.3) is 0 Å². The number of hydrogen-bond acceptors (Lipinski definition) is 1. The van der Waals surface area contributed by atoms with Crippen molar-refractivity contribution in [3.05, 3.63) is 114 Å². The number of nitrogens with zero attached hydrogens (tertiary/aromatic N) is 1. The molecule has 0 radical (unpaired) electrons. The van der Waals surface area contributed by atoms with E-state index in [1.54, 1.807) is 6.20 Å². The third-order valence-corrected chi connectivity index (χ3v) is 4.87. The molecule has 0 aliphatic carbocycles. The second kappa shape index (κ2) is 7.20. The number of aromatic nitrogens is 1. The summed E-state index contributed by atoms with van der Waals surface area (Å²) in [5.74, 6) is 0. The van der Waals surface area contributed by atoms with Crippen LogP contribution in [0, 0.1) is 0 Å². The van der Waals surface area contributed by atoms with Gasteiger partial charge in [-0.15, -0.1) is 0 Å². The van der Waals surface area contributed by atoms with E-state index in [-0.39, 0.29) is 35.8 Å². The summed E-state index contributed by atoms with van der Waals surface area (Å²) >= 11 is 0. The fourth-order valence-electron chi connectivity index (χ4n) is 3.17. The maximum Gasteiger partial charge on any atom is 0.0708 e. The Morgan fingerprint density at radius 2 is 1.44 bits per heavy atom. The summed E-state index contributed by atoms with van der Waals surface area (Å²) in [5.41, 5.74) is 4.20. The molecule has 132 valence electrons. The van der Waals surface area contributed by atoms with Gasteiger partial charge in [0.2, 0.25) is 0 Å². The van der Waals surface area contributed by atoms with E-state index < -0.39 is 5.41 Å². The van der Waals surface area contributed by atoms with Crippen LogP contribution in [0.1, 0.15) is 31.8 Å². The molecule has 1 aromatic heterocycles. The average molecular weight is 355 g/mol. The molecule has 0 fully saturated rings. The molecule has 0 bridgehead atoms. The zero-order valence-corrected chi connectivity index (χ0v) is 15.4. The lowest BCUT2D eigenvalue weighted by molar-refractivity contribution is 0.641. The molecule has 1 heterocycles. The smallest absolute Gasteiger partial charge is 0.0708 e. The van der Waals surface area contributed by atoms with E-state index >= 15 is 0 Å². The number of rotatable bonds is 4. The van der Waals surface area contributed by atoms with Gasteiger partial charge in [-0.3, -0.25) is 4.98 Å². The van der Waals surface area contributed by atoms with Crippen LogP contribution in [0.5, 0.6) is 0 Å². The third kappa shape index (κ3) is 3.54. The summed E-state index contributed by atoms with van der Waals surface area (Å²) in [4.78, 5) is 4.55. The van der Waals surface area contributed by atoms with Gasteiger partial charge in [0, 0.05) is 17.2 Å². The van der Waals surface area contributed by atoms with Crippen LogP contribution in [-0.4, -0.2) is 4.98 Å². The zero-order chi connectivity index (χ0) is 23.0. The first-order chi connectivity index (χ1) is 15.2. The lowest BCUT2D eigenvalue weighted by atomic mass is 9.77. The predicted octanol–water partition coefficient (Wildman–Crippen LogP) is 6.74. The van der Waals surface area contributed by atoms with Crippen LogP contribution < -0.4 is 0 Å². The van der Waals surface area contributed by atoms with Crippen molar-refractivity contribution in [2.45, 2.75) is 19.3 Å². The van der Waals surface area contributed by atoms with Crippen LogP contribution in [-0.2, 0) is 5.41 Å². The largest absolute Gasteiger partial charge is 0.256 e. The van der Waals surface area contributed by atoms with Crippen LogP contribution in [0.3, 0.4) is 0 Å². The van der Waals surface area contributed by atoms with Crippen LogP contribution >= 0.6 is 0 Å². The van der Waals surface area contributed by atoms with Crippen molar-refractivity contribution in [1.82, 2.24) is 4.98 Å². The first-order valence-electron chi connectivity index (χ1n) is 11.4. The first kappa shape index (κ1) is 12.2. The average Bonchev–Trinajstić information content (AvgIpc) is 2.82. The Kier molecular flexibility index (Phi) is 3.27. The monoisotopic (exact) mass is 354 g/mol. The van der Waals surface area contributed by atoms with Gasteiger partial charge in [0.15, 0.2) is 0 Å². The van der Waals surface area contributed by atoms with Crippen molar-refractivity contribution in [1.29, 1.82) is 0 Å². The van der Waals surface area contributed by atoms with Gasteiger partial charge >= 0.3 is 0 Å². The standard InChI is InChI=1S/C26H23N/c1-26(2,23-13-7-4-8-14-23)24-15-9-12-22(18-24)25-19-21(16-17-27-25)20-10-5-3-6-11-20/h3-19H,1-2H3/i4D,7D,8D,13D,14D. The molecular formula is C26H23N. The van der Waals surface area contributed by atoms with Gasteiger partial charge in [0.1, 0.15) is 0 Å². The van der Waals surface area contributed by atoms with Gasteiger partial charge < -0.3 is 0 Å². The van der Waals surface area contributed by atoms with E-state index in [0.717, 1.165) is 27.9 Å². The van der Waals surface area contributed by atoms with Gasteiger partial charge in [0.05, 0.1) is 12.5 Å². The van der Waals surface area contributed by atoms with Gasteiger partial charge in [-0.05, 0) is 40.5 Å². The minimum Gasteiger partial charge on any atom is -0.256 e. The Hall–Kier alpha value is -3.19. The van der Waals surface area contributed by atoms with Crippen molar-refractivity contribution in [2.75, 3.05) is 0 Å². The van der Waals surface area contributed by atoms with E-state index in [0.29, 0.717) is 0 Å². The molecule has 0 amide bonds. The number of benzene rings is 3. The van der Waals surface area contributed by atoms with Crippen molar-refractivity contribution < 1.29 is 6.85 Å². The van der Waals surface area contributed by atoms with Gasteiger partial charge in [-0.1, -0.05) is 92.6 Å².